The second-order valence-electron chi connectivity index (χ2n) is 3.36. The third-order valence-electron chi connectivity index (χ3n) is 1.98. The van der Waals surface area contributed by atoms with Gasteiger partial charge in [0.05, 0.1) is 13.0 Å². The summed E-state index contributed by atoms with van der Waals surface area (Å²) in [6, 6.07) is 6.23. The molecule has 0 amide bonds. The predicted molar refractivity (Wildman–Crippen MR) is 63.4 cm³/mol. The first kappa shape index (κ1) is 14.2. The molecule has 0 unspecified atom stereocenters. The fourth-order valence-corrected chi connectivity index (χ4v) is 1.31. The molecule has 0 aliphatic rings. The molecule has 0 N–H and O–H groups in total. The Hall–Kier alpha value is -1.91. The molecule has 98 valence electrons. The first-order valence-electron chi connectivity index (χ1n) is 5.49. The number of alkyl halides is 2. The van der Waals surface area contributed by atoms with Gasteiger partial charge in [-0.15, -0.1) is 0 Å². The number of hydrogen-bond acceptors (Lipinski definition) is 3. The normalized spacial score (nSPS) is 10.9. The van der Waals surface area contributed by atoms with Crippen molar-refractivity contribution in [1.82, 2.24) is 0 Å². The minimum absolute atomic E-state index is 0.0864. The highest BCUT2D eigenvalue weighted by Gasteiger charge is 2.03. The Bertz CT molecular complexity index is 416. The van der Waals surface area contributed by atoms with Gasteiger partial charge in [0.2, 0.25) is 0 Å². The molecule has 0 fully saturated rings. The van der Waals surface area contributed by atoms with Crippen LogP contribution in [0.3, 0.4) is 0 Å². The molecular weight excluding hydrogens is 242 g/mol. The summed E-state index contributed by atoms with van der Waals surface area (Å²) in [7, 11) is 0. The second-order valence-corrected chi connectivity index (χ2v) is 3.36. The molecule has 3 nitrogen and oxygen atoms in total. The van der Waals surface area contributed by atoms with E-state index in [1.807, 2.05) is 0 Å². The smallest absolute Gasteiger partial charge is 0.387 e. The number of benzene rings is 1. The first-order chi connectivity index (χ1) is 8.61. The van der Waals surface area contributed by atoms with Crippen LogP contribution >= 0.6 is 0 Å². The van der Waals surface area contributed by atoms with Gasteiger partial charge in [-0.1, -0.05) is 24.3 Å². The number of esters is 1. The monoisotopic (exact) mass is 256 g/mol. The van der Waals surface area contributed by atoms with E-state index in [4.69, 9.17) is 4.74 Å². The van der Waals surface area contributed by atoms with Crippen molar-refractivity contribution < 1.29 is 23.0 Å². The quantitative estimate of drug-likeness (QED) is 0.733. The lowest BCUT2D eigenvalue weighted by atomic mass is 10.2. The van der Waals surface area contributed by atoms with E-state index < -0.39 is 6.61 Å². The fraction of sp³-hybridized carbons (Fsp3) is 0.308. The van der Waals surface area contributed by atoms with Crippen LogP contribution in [-0.2, 0) is 9.53 Å². The standard InChI is InChI=1S/C13H14F2O3/c1-2-17-12(16)8-4-6-10-5-3-7-11(9-10)18-13(14)15/h3-7,9,13H,2,8H2,1H3. The largest absolute Gasteiger partial charge is 0.466 e. The van der Waals surface area contributed by atoms with Crippen LogP contribution in [0.15, 0.2) is 30.3 Å². The molecular formula is C13H14F2O3. The van der Waals surface area contributed by atoms with Crippen molar-refractivity contribution in [1.29, 1.82) is 0 Å². The molecule has 0 bridgehead atoms. The van der Waals surface area contributed by atoms with Crippen LogP contribution in [0.5, 0.6) is 5.75 Å². The number of rotatable bonds is 6. The lowest BCUT2D eigenvalue weighted by Crippen LogP contribution is -2.02. The predicted octanol–water partition coefficient (Wildman–Crippen LogP) is 3.25. The topological polar surface area (TPSA) is 35.5 Å². The van der Waals surface area contributed by atoms with Crippen LogP contribution in [0.25, 0.3) is 6.08 Å². The summed E-state index contributed by atoms with van der Waals surface area (Å²) >= 11 is 0. The number of hydrogen-bond donors (Lipinski definition) is 0. The van der Waals surface area contributed by atoms with E-state index in [1.165, 1.54) is 12.1 Å². The van der Waals surface area contributed by atoms with Crippen LogP contribution < -0.4 is 4.74 Å². The van der Waals surface area contributed by atoms with Gasteiger partial charge in [-0.3, -0.25) is 4.79 Å². The summed E-state index contributed by atoms with van der Waals surface area (Å²) in [4.78, 5) is 11.0. The minimum atomic E-state index is -2.84. The van der Waals surface area contributed by atoms with Gasteiger partial charge in [0, 0.05) is 0 Å². The Morgan fingerprint density at radius 1 is 1.44 bits per heavy atom. The van der Waals surface area contributed by atoms with Gasteiger partial charge in [0.25, 0.3) is 0 Å². The highest BCUT2D eigenvalue weighted by Crippen LogP contribution is 2.16. The van der Waals surface area contributed by atoms with Gasteiger partial charge < -0.3 is 9.47 Å². The van der Waals surface area contributed by atoms with Crippen LogP contribution in [-0.4, -0.2) is 19.2 Å². The molecule has 0 heterocycles. The Labute approximate surface area is 104 Å². The Balaban J connectivity index is 2.56. The summed E-state index contributed by atoms with van der Waals surface area (Å²) in [5, 5.41) is 0. The van der Waals surface area contributed by atoms with E-state index in [-0.39, 0.29) is 18.1 Å². The average Bonchev–Trinajstić information content (AvgIpc) is 2.29. The molecule has 0 radical (unpaired) electrons. The van der Waals surface area contributed by atoms with Crippen LogP contribution in [0, 0.1) is 0 Å². The average molecular weight is 256 g/mol. The van der Waals surface area contributed by atoms with E-state index in [1.54, 1.807) is 31.2 Å². The van der Waals surface area contributed by atoms with Crippen molar-refractivity contribution in [3.63, 3.8) is 0 Å². The van der Waals surface area contributed by atoms with Crippen molar-refractivity contribution in [2.24, 2.45) is 0 Å². The third-order valence-corrected chi connectivity index (χ3v) is 1.98. The lowest BCUT2D eigenvalue weighted by Gasteiger charge is -2.04. The zero-order chi connectivity index (χ0) is 13.4. The molecule has 0 saturated heterocycles. The van der Waals surface area contributed by atoms with Crippen LogP contribution in [0.2, 0.25) is 0 Å². The molecule has 0 aromatic heterocycles. The molecule has 0 spiro atoms. The summed E-state index contributed by atoms with van der Waals surface area (Å²) in [6.45, 7) is -0.777. The Morgan fingerprint density at radius 3 is 2.89 bits per heavy atom. The van der Waals surface area contributed by atoms with Gasteiger partial charge in [-0.25, -0.2) is 0 Å². The lowest BCUT2D eigenvalue weighted by molar-refractivity contribution is -0.142. The molecule has 0 atom stereocenters. The number of carbonyl (C=O) groups is 1. The second kappa shape index (κ2) is 7.42. The zero-order valence-electron chi connectivity index (χ0n) is 9.94. The van der Waals surface area contributed by atoms with Crippen LogP contribution in [0.1, 0.15) is 18.9 Å². The van der Waals surface area contributed by atoms with E-state index in [0.29, 0.717) is 12.2 Å². The number of carbonyl (C=O) groups excluding carboxylic acids is 1. The first-order valence-corrected chi connectivity index (χ1v) is 5.49. The maximum atomic E-state index is 12.0. The summed E-state index contributed by atoms with van der Waals surface area (Å²) < 4.78 is 33.0. The maximum absolute atomic E-state index is 12.0. The Kier molecular flexibility index (Phi) is 5.84. The van der Waals surface area contributed by atoms with E-state index in [9.17, 15) is 13.6 Å². The van der Waals surface area contributed by atoms with E-state index in [0.717, 1.165) is 0 Å². The number of halogens is 2. The van der Waals surface area contributed by atoms with Gasteiger partial charge >= 0.3 is 12.6 Å². The molecule has 5 heteroatoms. The van der Waals surface area contributed by atoms with Crippen molar-refractivity contribution >= 4 is 12.0 Å². The molecule has 1 aromatic carbocycles. The summed E-state index contributed by atoms with van der Waals surface area (Å²) in [5.74, 6) is -0.239. The van der Waals surface area contributed by atoms with Crippen molar-refractivity contribution in [2.45, 2.75) is 20.0 Å². The van der Waals surface area contributed by atoms with Gasteiger partial charge in [-0.05, 0) is 24.6 Å². The van der Waals surface area contributed by atoms with Gasteiger partial charge in [-0.2, -0.15) is 8.78 Å². The summed E-state index contributed by atoms with van der Waals surface area (Å²) in [5.41, 5.74) is 0.678. The molecule has 0 aliphatic carbocycles. The van der Waals surface area contributed by atoms with Gasteiger partial charge in [0.15, 0.2) is 0 Å². The molecule has 1 rings (SSSR count). The van der Waals surface area contributed by atoms with Crippen LogP contribution in [0.4, 0.5) is 8.78 Å². The molecule has 0 aliphatic heterocycles. The zero-order valence-corrected chi connectivity index (χ0v) is 9.94. The highest BCUT2D eigenvalue weighted by molar-refractivity contribution is 5.72. The molecule has 0 saturated carbocycles. The van der Waals surface area contributed by atoms with Gasteiger partial charge in [0.1, 0.15) is 5.75 Å². The Morgan fingerprint density at radius 2 is 2.22 bits per heavy atom. The van der Waals surface area contributed by atoms with E-state index in [2.05, 4.69) is 4.74 Å². The fourth-order valence-electron chi connectivity index (χ4n) is 1.31. The summed E-state index contributed by atoms with van der Waals surface area (Å²) in [6.07, 6.45) is 3.41. The van der Waals surface area contributed by atoms with Crippen molar-refractivity contribution in [3.05, 3.63) is 35.9 Å². The SMILES string of the molecule is CCOC(=O)CC=Cc1cccc(OC(F)F)c1. The molecule has 1 aromatic rings. The van der Waals surface area contributed by atoms with E-state index >= 15 is 0 Å². The van der Waals surface area contributed by atoms with Crippen molar-refractivity contribution in [3.8, 4) is 5.75 Å². The third kappa shape index (κ3) is 5.43. The maximum Gasteiger partial charge on any atom is 0.387 e. The van der Waals surface area contributed by atoms with Crippen molar-refractivity contribution in [2.75, 3.05) is 6.61 Å². The highest BCUT2D eigenvalue weighted by atomic mass is 19.3. The number of ether oxygens (including phenoxy) is 2. The molecule has 18 heavy (non-hydrogen) atoms. The minimum Gasteiger partial charge on any atom is -0.466 e.